The van der Waals surface area contributed by atoms with Gasteiger partial charge in [0.25, 0.3) is 5.91 Å². The van der Waals surface area contributed by atoms with Gasteiger partial charge in [0, 0.05) is 31.4 Å². The zero-order valence-corrected chi connectivity index (χ0v) is 23.7. The highest BCUT2D eigenvalue weighted by Gasteiger charge is 2.37. The van der Waals surface area contributed by atoms with Crippen LogP contribution in [0, 0.1) is 24.1 Å². The molecule has 2 amide bonds. The van der Waals surface area contributed by atoms with Crippen molar-refractivity contribution >= 4 is 29.1 Å². The molecule has 2 aromatic rings. The van der Waals surface area contributed by atoms with E-state index in [0.29, 0.717) is 36.8 Å². The number of rotatable bonds is 8. The molecule has 0 bridgehead atoms. The first kappa shape index (κ1) is 29.1. The van der Waals surface area contributed by atoms with Crippen LogP contribution < -0.4 is 10.2 Å². The molecule has 1 unspecified atom stereocenters. The number of benzene rings is 2. The van der Waals surface area contributed by atoms with Crippen LogP contribution in [-0.4, -0.2) is 48.3 Å². The summed E-state index contributed by atoms with van der Waals surface area (Å²) in [6, 6.07) is 11.1. The lowest BCUT2D eigenvalue weighted by atomic mass is 9.88. The fourth-order valence-corrected chi connectivity index (χ4v) is 4.92. The molecule has 0 spiro atoms. The van der Waals surface area contributed by atoms with E-state index in [1.165, 1.54) is 22.6 Å². The summed E-state index contributed by atoms with van der Waals surface area (Å²) in [5.74, 6) is -0.874. The van der Waals surface area contributed by atoms with Gasteiger partial charge in [-0.05, 0) is 66.0 Å². The van der Waals surface area contributed by atoms with Crippen molar-refractivity contribution in [1.29, 1.82) is 0 Å². The maximum absolute atomic E-state index is 14.1. The first-order chi connectivity index (χ1) is 17.4. The van der Waals surface area contributed by atoms with Crippen LogP contribution in [-0.2, 0) is 16.0 Å². The average molecular weight is 530 g/mol. The zero-order chi connectivity index (χ0) is 27.3. The van der Waals surface area contributed by atoms with Crippen molar-refractivity contribution in [1.82, 2.24) is 10.2 Å². The normalized spacial score (nSPS) is 17.1. The molecule has 0 radical (unpaired) electrons. The van der Waals surface area contributed by atoms with Gasteiger partial charge in [0.2, 0.25) is 5.91 Å². The number of nitrogens with zero attached hydrogens (tertiary/aromatic N) is 2. The number of anilines is 1. The number of hydrogen-bond donors (Lipinski definition) is 1. The molecule has 5 nitrogen and oxygen atoms in total. The molecule has 0 aliphatic carbocycles. The summed E-state index contributed by atoms with van der Waals surface area (Å²) >= 11 is 6.11. The van der Waals surface area contributed by atoms with E-state index in [1.807, 2.05) is 24.0 Å². The lowest BCUT2D eigenvalue weighted by Gasteiger charge is -2.40. The number of alkyl halides is 1. The highest BCUT2D eigenvalue weighted by atomic mass is 35.5. The van der Waals surface area contributed by atoms with Crippen LogP contribution in [0.15, 0.2) is 42.5 Å². The second-order valence-corrected chi connectivity index (χ2v) is 11.9. The molecule has 1 N–H and O–H groups in total. The molecule has 37 heavy (non-hydrogen) atoms. The molecule has 1 fully saturated rings. The standard InChI is InChI=1S/C30H41ClFN3O2/c1-20(2)25-19-34(16-15-33-25)29(37)28(23-8-10-24(32)11-9-23)35(27(36)18-31)26-12-7-22(17-21(26)3)13-14-30(4,5)6/h7-12,17,20,25,28,33H,13-16,18-19H2,1-6H3/t25-,28?/m1/s1. The van der Waals surface area contributed by atoms with E-state index in [-0.39, 0.29) is 29.2 Å². The minimum absolute atomic E-state index is 0.160. The van der Waals surface area contributed by atoms with Crippen molar-refractivity contribution in [3.63, 3.8) is 0 Å². The van der Waals surface area contributed by atoms with Gasteiger partial charge in [0.15, 0.2) is 0 Å². The van der Waals surface area contributed by atoms with Gasteiger partial charge in [-0.3, -0.25) is 14.5 Å². The van der Waals surface area contributed by atoms with Crippen molar-refractivity contribution in [2.75, 3.05) is 30.4 Å². The second kappa shape index (κ2) is 12.4. The first-order valence-electron chi connectivity index (χ1n) is 13.2. The Morgan fingerprint density at radius 3 is 2.41 bits per heavy atom. The van der Waals surface area contributed by atoms with Gasteiger partial charge >= 0.3 is 0 Å². The molecule has 1 aliphatic rings. The summed E-state index contributed by atoms with van der Waals surface area (Å²) < 4.78 is 13.9. The fraction of sp³-hybridized carbons (Fsp3) is 0.533. The summed E-state index contributed by atoms with van der Waals surface area (Å²) in [5, 5.41) is 3.48. The lowest BCUT2D eigenvalue weighted by Crippen LogP contribution is -2.57. The van der Waals surface area contributed by atoms with Gasteiger partial charge < -0.3 is 10.2 Å². The maximum Gasteiger partial charge on any atom is 0.250 e. The van der Waals surface area contributed by atoms with Gasteiger partial charge in [-0.1, -0.05) is 58.9 Å². The summed E-state index contributed by atoms with van der Waals surface area (Å²) in [6.45, 7) is 14.6. The number of hydrogen-bond acceptors (Lipinski definition) is 3. The van der Waals surface area contributed by atoms with Crippen LogP contribution in [0.2, 0.25) is 0 Å². The summed E-state index contributed by atoms with van der Waals surface area (Å²) in [6.07, 6.45) is 1.96. The third kappa shape index (κ3) is 7.55. The Labute approximate surface area is 226 Å². The van der Waals surface area contributed by atoms with Crippen molar-refractivity contribution in [3.8, 4) is 0 Å². The molecule has 1 heterocycles. The fourth-order valence-electron chi connectivity index (χ4n) is 4.79. The highest BCUT2D eigenvalue weighted by Crippen LogP contribution is 2.34. The van der Waals surface area contributed by atoms with Crippen LogP contribution in [0.25, 0.3) is 0 Å². The predicted molar refractivity (Wildman–Crippen MR) is 150 cm³/mol. The van der Waals surface area contributed by atoms with E-state index in [2.05, 4.69) is 46.0 Å². The van der Waals surface area contributed by atoms with Gasteiger partial charge in [-0.25, -0.2) is 4.39 Å². The van der Waals surface area contributed by atoms with E-state index in [1.54, 1.807) is 12.1 Å². The SMILES string of the molecule is Cc1cc(CCC(C)(C)C)ccc1N(C(=O)CCl)C(C(=O)N1CCN[C@@H](C(C)C)C1)c1ccc(F)cc1. The lowest BCUT2D eigenvalue weighted by molar-refractivity contribution is -0.135. The summed E-state index contributed by atoms with van der Waals surface area (Å²) in [4.78, 5) is 30.9. The topological polar surface area (TPSA) is 52.7 Å². The molecule has 1 aliphatic heterocycles. The molecule has 0 saturated carbocycles. The summed E-state index contributed by atoms with van der Waals surface area (Å²) in [7, 11) is 0. The largest absolute Gasteiger partial charge is 0.338 e. The number of nitrogens with one attached hydrogen (secondary N) is 1. The monoisotopic (exact) mass is 529 g/mol. The van der Waals surface area contributed by atoms with E-state index >= 15 is 0 Å². The molecule has 0 aromatic heterocycles. The number of aryl methyl sites for hydroxylation is 2. The maximum atomic E-state index is 14.1. The molecule has 1 saturated heterocycles. The average Bonchev–Trinajstić information content (AvgIpc) is 2.86. The van der Waals surface area contributed by atoms with Crippen LogP contribution in [0.5, 0.6) is 0 Å². The Hall–Kier alpha value is -2.44. The van der Waals surface area contributed by atoms with Crippen LogP contribution >= 0.6 is 11.6 Å². The smallest absolute Gasteiger partial charge is 0.250 e. The van der Waals surface area contributed by atoms with Gasteiger partial charge in [-0.15, -0.1) is 11.6 Å². The summed E-state index contributed by atoms with van der Waals surface area (Å²) in [5.41, 5.74) is 3.49. The van der Waals surface area contributed by atoms with Gasteiger partial charge in [0.05, 0.1) is 0 Å². The zero-order valence-electron chi connectivity index (χ0n) is 23.0. The molecule has 3 rings (SSSR count). The molecule has 202 valence electrons. The third-order valence-electron chi connectivity index (χ3n) is 7.07. The van der Waals surface area contributed by atoms with Crippen LogP contribution in [0.3, 0.4) is 0 Å². The predicted octanol–water partition coefficient (Wildman–Crippen LogP) is 5.88. The highest BCUT2D eigenvalue weighted by molar-refractivity contribution is 6.30. The number of halogens is 2. The van der Waals surface area contributed by atoms with Gasteiger partial charge in [-0.2, -0.15) is 0 Å². The molecule has 7 heteroatoms. The molecular formula is C30H41ClFN3O2. The van der Waals surface area contributed by atoms with Crippen molar-refractivity contribution in [3.05, 3.63) is 65.0 Å². The minimum Gasteiger partial charge on any atom is -0.338 e. The quantitative estimate of drug-likeness (QED) is 0.434. The van der Waals surface area contributed by atoms with Crippen LogP contribution in [0.1, 0.15) is 63.8 Å². The minimum atomic E-state index is -0.947. The number of piperazine rings is 1. The Balaban J connectivity index is 2.05. The Morgan fingerprint density at radius 1 is 1.16 bits per heavy atom. The third-order valence-corrected chi connectivity index (χ3v) is 7.30. The molecule has 2 atom stereocenters. The number of amides is 2. The van der Waals surface area contributed by atoms with Crippen LogP contribution in [0.4, 0.5) is 10.1 Å². The second-order valence-electron chi connectivity index (χ2n) is 11.6. The Kier molecular flexibility index (Phi) is 9.76. The van der Waals surface area contributed by atoms with Crippen molar-refractivity contribution in [2.45, 2.75) is 66.5 Å². The Morgan fingerprint density at radius 2 is 1.84 bits per heavy atom. The number of carbonyl (C=O) groups excluding carboxylic acids is 2. The molecular weight excluding hydrogens is 489 g/mol. The number of carbonyl (C=O) groups is 2. The first-order valence-corrected chi connectivity index (χ1v) is 13.7. The van der Waals surface area contributed by atoms with E-state index < -0.39 is 11.9 Å². The van der Waals surface area contributed by atoms with Crippen molar-refractivity contribution in [2.24, 2.45) is 11.3 Å². The molecule has 2 aromatic carbocycles. The van der Waals surface area contributed by atoms with E-state index in [0.717, 1.165) is 18.4 Å². The van der Waals surface area contributed by atoms with Crippen molar-refractivity contribution < 1.29 is 14.0 Å². The van der Waals surface area contributed by atoms with E-state index in [9.17, 15) is 14.0 Å². The van der Waals surface area contributed by atoms with E-state index in [4.69, 9.17) is 11.6 Å². The van der Waals surface area contributed by atoms with Gasteiger partial charge in [0.1, 0.15) is 17.7 Å². The Bertz CT molecular complexity index is 1080.